The minimum atomic E-state index is -0.357. The number of quaternary nitrogens is 1. The van der Waals surface area contributed by atoms with E-state index in [1.165, 1.54) is 7.11 Å². The lowest BCUT2D eigenvalue weighted by Crippen LogP contribution is -3.08. The van der Waals surface area contributed by atoms with Crippen molar-refractivity contribution in [2.45, 2.75) is 0 Å². The van der Waals surface area contributed by atoms with E-state index in [9.17, 15) is 9.90 Å². The molecule has 0 fully saturated rings. The summed E-state index contributed by atoms with van der Waals surface area (Å²) < 4.78 is 10.3. The van der Waals surface area contributed by atoms with E-state index >= 15 is 0 Å². The first-order valence-corrected chi connectivity index (χ1v) is 5.13. The van der Waals surface area contributed by atoms with Gasteiger partial charge in [-0.2, -0.15) is 0 Å². The van der Waals surface area contributed by atoms with Gasteiger partial charge in [-0.05, 0) is 12.1 Å². The zero-order chi connectivity index (χ0) is 12.6. The van der Waals surface area contributed by atoms with Crippen LogP contribution >= 0.6 is 0 Å². The molecular formula is C12H14NO4+. The highest BCUT2D eigenvalue weighted by molar-refractivity contribution is 6.05. The summed E-state index contributed by atoms with van der Waals surface area (Å²) in [6, 6.07) is 3.34. The van der Waals surface area contributed by atoms with Crippen LogP contribution in [-0.2, 0) is 4.79 Å². The Morgan fingerprint density at radius 3 is 2.35 bits per heavy atom. The molecule has 90 valence electrons. The van der Waals surface area contributed by atoms with Crippen molar-refractivity contribution in [1.29, 1.82) is 0 Å². The van der Waals surface area contributed by atoms with Crippen molar-refractivity contribution in [2.24, 2.45) is 0 Å². The molecule has 1 aliphatic rings. The maximum absolute atomic E-state index is 11.6. The van der Waals surface area contributed by atoms with Crippen LogP contribution in [0.4, 0.5) is 0 Å². The summed E-state index contributed by atoms with van der Waals surface area (Å²) in [5.41, 5.74) is 0. The predicted octanol–water partition coefficient (Wildman–Crippen LogP) is -1.84. The third kappa shape index (κ3) is 1.74. The summed E-state index contributed by atoms with van der Waals surface area (Å²) in [5, 5.41) is 11.0. The van der Waals surface area contributed by atoms with Crippen molar-refractivity contribution in [3.8, 4) is 11.5 Å². The zero-order valence-electron chi connectivity index (χ0n) is 9.90. The first kappa shape index (κ1) is 11.5. The molecule has 0 radical (unpaired) electrons. The highest BCUT2D eigenvalue weighted by atomic mass is 16.5. The Hall–Kier alpha value is -2.01. The van der Waals surface area contributed by atoms with Crippen molar-refractivity contribution >= 4 is 17.9 Å². The largest absolute Gasteiger partial charge is 0.500 e. The minimum absolute atomic E-state index is 0.249. The van der Waals surface area contributed by atoms with Gasteiger partial charge in [-0.25, -0.2) is 9.69 Å². The molecule has 0 saturated heterocycles. The molecule has 0 aliphatic carbocycles. The van der Waals surface area contributed by atoms with Gasteiger partial charge in [0, 0.05) is 10.4 Å². The van der Waals surface area contributed by atoms with Gasteiger partial charge >= 0.3 is 5.91 Å². The Bertz CT molecular complexity index is 591. The van der Waals surface area contributed by atoms with Crippen molar-refractivity contribution in [2.75, 3.05) is 21.3 Å². The summed E-state index contributed by atoms with van der Waals surface area (Å²) in [4.78, 5) is 12.1. The molecule has 0 aromatic heterocycles. The minimum Gasteiger partial charge on any atom is -0.500 e. The van der Waals surface area contributed by atoms with E-state index in [0.717, 1.165) is 5.22 Å². The molecule has 2 N–H and O–H groups in total. The molecule has 0 saturated carbocycles. The standard InChI is InChI=1S/C12H13NO4/c1-13-6-7-4-9(16-2)10(17-3)5-8(7)11(14)12(13)15/h4-6,14H,1-3H3/p+1. The first-order valence-electron chi connectivity index (χ1n) is 5.13. The van der Waals surface area contributed by atoms with Gasteiger partial charge in [0.25, 0.3) is 0 Å². The monoisotopic (exact) mass is 236 g/mol. The van der Waals surface area contributed by atoms with Crippen molar-refractivity contribution in [3.63, 3.8) is 0 Å². The average Bonchev–Trinajstić information content (AvgIpc) is 2.34. The molecule has 1 aromatic rings. The topological polar surface area (TPSA) is 60.2 Å². The second kappa shape index (κ2) is 4.10. The third-order valence-corrected chi connectivity index (χ3v) is 2.76. The Balaban J connectivity index is 2.82. The first-order chi connectivity index (χ1) is 8.08. The lowest BCUT2D eigenvalue weighted by Gasteiger charge is -2.12. The summed E-state index contributed by atoms with van der Waals surface area (Å²) in [6.07, 6.45) is 1.72. The number of carbonyl (C=O) groups excluding carboxylic acids is 1. The van der Waals surface area contributed by atoms with Crippen LogP contribution in [-0.4, -0.2) is 32.3 Å². The molecular weight excluding hydrogens is 222 g/mol. The van der Waals surface area contributed by atoms with Gasteiger partial charge in [0.05, 0.1) is 21.3 Å². The van der Waals surface area contributed by atoms with Gasteiger partial charge in [0.15, 0.2) is 11.5 Å². The molecule has 1 aliphatic heterocycles. The molecule has 0 bridgehead atoms. The summed E-state index contributed by atoms with van der Waals surface area (Å²) >= 11 is 0. The predicted molar refractivity (Wildman–Crippen MR) is 61.2 cm³/mol. The molecule has 1 amide bonds. The number of methoxy groups -OCH3 is 2. The number of benzene rings is 1. The number of ether oxygens (including phenoxy) is 2. The van der Waals surface area contributed by atoms with Gasteiger partial charge in [-0.3, -0.25) is 0 Å². The van der Waals surface area contributed by atoms with Crippen LogP contribution in [0.3, 0.4) is 0 Å². The van der Waals surface area contributed by atoms with E-state index in [4.69, 9.17) is 9.47 Å². The van der Waals surface area contributed by atoms with Crippen LogP contribution < -0.4 is 24.8 Å². The van der Waals surface area contributed by atoms with E-state index in [0.29, 0.717) is 21.6 Å². The Kier molecular flexibility index (Phi) is 2.77. The zero-order valence-corrected chi connectivity index (χ0v) is 9.90. The molecule has 0 spiro atoms. The van der Waals surface area contributed by atoms with Gasteiger partial charge in [-0.15, -0.1) is 0 Å². The number of aliphatic hydroxyl groups excluding tert-OH is 1. The number of aliphatic hydroxyl groups is 1. The van der Waals surface area contributed by atoms with Crippen LogP contribution in [0.2, 0.25) is 0 Å². The Morgan fingerprint density at radius 1 is 1.18 bits per heavy atom. The van der Waals surface area contributed by atoms with Gasteiger partial charge in [0.2, 0.25) is 5.76 Å². The molecule has 5 heteroatoms. The maximum Gasteiger partial charge on any atom is 0.383 e. The molecule has 5 nitrogen and oxygen atoms in total. The van der Waals surface area contributed by atoms with Crippen molar-refractivity contribution in [1.82, 2.24) is 0 Å². The fourth-order valence-corrected chi connectivity index (χ4v) is 1.83. The van der Waals surface area contributed by atoms with Gasteiger partial charge in [0.1, 0.15) is 6.20 Å². The second-order valence-electron chi connectivity index (χ2n) is 3.80. The molecule has 1 aromatic carbocycles. The summed E-state index contributed by atoms with van der Waals surface area (Å²) in [7, 11) is 4.71. The number of carbonyl (C=O) groups is 1. The average molecular weight is 236 g/mol. The number of hydrogen-bond acceptors (Lipinski definition) is 4. The SMILES string of the molecule is COc1cc2c(cc1OC)=C(O)C(=O)[NH+](C)C=2. The van der Waals surface area contributed by atoms with Crippen LogP contribution in [0.5, 0.6) is 11.5 Å². The molecule has 1 unspecified atom stereocenters. The van der Waals surface area contributed by atoms with Gasteiger partial charge in [-0.1, -0.05) is 0 Å². The quantitative estimate of drug-likeness (QED) is 0.634. The van der Waals surface area contributed by atoms with Crippen LogP contribution in [0.25, 0.3) is 12.0 Å². The second-order valence-corrected chi connectivity index (χ2v) is 3.80. The highest BCUT2D eigenvalue weighted by Crippen LogP contribution is 2.22. The van der Waals surface area contributed by atoms with E-state index < -0.39 is 0 Å². The van der Waals surface area contributed by atoms with E-state index in [2.05, 4.69) is 0 Å². The Morgan fingerprint density at radius 2 is 1.76 bits per heavy atom. The third-order valence-electron chi connectivity index (χ3n) is 2.76. The van der Waals surface area contributed by atoms with Gasteiger partial charge < -0.3 is 14.6 Å². The smallest absolute Gasteiger partial charge is 0.383 e. The Labute approximate surface area is 98.2 Å². The number of likely N-dealkylation sites (N-methyl/N-ethyl adjacent to an activating group) is 1. The van der Waals surface area contributed by atoms with Crippen LogP contribution in [0, 0.1) is 0 Å². The molecule has 1 atom stereocenters. The molecule has 2 rings (SSSR count). The van der Waals surface area contributed by atoms with E-state index in [-0.39, 0.29) is 11.7 Å². The van der Waals surface area contributed by atoms with E-state index in [1.807, 2.05) is 0 Å². The van der Waals surface area contributed by atoms with Crippen molar-refractivity contribution < 1.29 is 24.3 Å². The number of amides is 1. The lowest BCUT2D eigenvalue weighted by molar-refractivity contribution is -0.705. The molecule has 17 heavy (non-hydrogen) atoms. The lowest BCUT2D eigenvalue weighted by atomic mass is 10.1. The van der Waals surface area contributed by atoms with E-state index in [1.54, 1.807) is 32.5 Å². The number of rotatable bonds is 2. The summed E-state index contributed by atoms with van der Waals surface area (Å²) in [5.74, 6) is 0.446. The number of nitrogens with one attached hydrogen (secondary N) is 1. The van der Waals surface area contributed by atoms with Crippen LogP contribution in [0.15, 0.2) is 12.1 Å². The normalized spacial score (nSPS) is 18.4. The fourth-order valence-electron chi connectivity index (χ4n) is 1.83. The number of hydrogen-bond donors (Lipinski definition) is 2. The highest BCUT2D eigenvalue weighted by Gasteiger charge is 2.24. The maximum atomic E-state index is 11.6. The fraction of sp³-hybridized carbons (Fsp3) is 0.250. The summed E-state index contributed by atoms with van der Waals surface area (Å²) in [6.45, 7) is 0. The van der Waals surface area contributed by atoms with Crippen LogP contribution in [0.1, 0.15) is 0 Å². The van der Waals surface area contributed by atoms with Crippen molar-refractivity contribution in [3.05, 3.63) is 22.6 Å². The number of fused-ring (bicyclic) bond motifs is 1. The molecule has 1 heterocycles.